The number of ether oxygens (including phenoxy) is 6. The van der Waals surface area contributed by atoms with Crippen molar-refractivity contribution in [1.82, 2.24) is 5.32 Å². The van der Waals surface area contributed by atoms with Crippen molar-refractivity contribution in [1.29, 1.82) is 0 Å². The van der Waals surface area contributed by atoms with Crippen LogP contribution >= 0.6 is 0 Å². The Morgan fingerprint density at radius 1 is 0.711 bits per heavy atom. The first-order valence-electron chi connectivity index (χ1n) is 12.0. The Hall–Kier alpha value is -3.99. The molecule has 2 aromatic rings. The maximum atomic E-state index is 12.3. The molecule has 0 spiro atoms. The van der Waals surface area contributed by atoms with Crippen molar-refractivity contribution in [2.24, 2.45) is 0 Å². The van der Waals surface area contributed by atoms with Crippen molar-refractivity contribution in [2.45, 2.75) is 6.61 Å². The fourth-order valence-electron chi connectivity index (χ4n) is 3.13. The normalized spacial score (nSPS) is 13.0. The molecule has 10 nitrogen and oxygen atoms in total. The van der Waals surface area contributed by atoms with E-state index < -0.39 is 17.5 Å². The highest BCUT2D eigenvalue weighted by Gasteiger charge is 2.23. The second-order valence-corrected chi connectivity index (χ2v) is 7.94. The van der Waals surface area contributed by atoms with E-state index in [1.165, 1.54) is 0 Å². The third-order valence-electron chi connectivity index (χ3n) is 5.05. The lowest BCUT2D eigenvalue weighted by molar-refractivity contribution is -0.124. The van der Waals surface area contributed by atoms with Crippen LogP contribution < -0.4 is 14.8 Å². The third-order valence-corrected chi connectivity index (χ3v) is 5.05. The molecule has 38 heavy (non-hydrogen) atoms. The molecule has 1 aliphatic carbocycles. The van der Waals surface area contributed by atoms with Gasteiger partial charge in [-0.05, 0) is 29.8 Å². The van der Waals surface area contributed by atoms with Gasteiger partial charge in [-0.15, -0.1) is 0 Å². The number of carbonyl (C=O) groups is 3. The van der Waals surface area contributed by atoms with Crippen LogP contribution in [0.4, 0.5) is 0 Å². The van der Waals surface area contributed by atoms with Crippen LogP contribution in [0.3, 0.4) is 0 Å². The minimum atomic E-state index is -0.583. The van der Waals surface area contributed by atoms with Gasteiger partial charge in [-0.25, -0.2) is 0 Å². The molecule has 0 fully saturated rings. The smallest absolute Gasteiger partial charge is 0.262 e. The third kappa shape index (κ3) is 10.2. The minimum Gasteiger partial charge on any atom is -0.489 e. The van der Waals surface area contributed by atoms with E-state index in [-0.39, 0.29) is 31.3 Å². The van der Waals surface area contributed by atoms with Gasteiger partial charge in [0.2, 0.25) is 11.6 Å². The van der Waals surface area contributed by atoms with E-state index in [0.29, 0.717) is 44.5 Å². The van der Waals surface area contributed by atoms with Crippen molar-refractivity contribution in [2.75, 3.05) is 53.4 Å². The van der Waals surface area contributed by atoms with Crippen molar-refractivity contribution in [3.05, 3.63) is 83.8 Å². The summed E-state index contributed by atoms with van der Waals surface area (Å²) in [4.78, 5) is 36.8. The van der Waals surface area contributed by atoms with Crippen LogP contribution in [-0.2, 0) is 39.9 Å². The fourth-order valence-corrected chi connectivity index (χ4v) is 3.13. The Kier molecular flexibility index (Phi) is 12.0. The lowest BCUT2D eigenvalue weighted by atomic mass is 10.1. The van der Waals surface area contributed by atoms with E-state index in [1.807, 2.05) is 30.3 Å². The minimum absolute atomic E-state index is 0.0857. The number of rotatable bonds is 17. The lowest BCUT2D eigenvalue weighted by Gasteiger charge is -2.14. The second-order valence-electron chi connectivity index (χ2n) is 7.94. The Bertz CT molecular complexity index is 1110. The zero-order valence-electron chi connectivity index (χ0n) is 21.2. The molecular formula is C28H31NO9. The molecular weight excluding hydrogens is 494 g/mol. The summed E-state index contributed by atoms with van der Waals surface area (Å²) in [6.07, 6.45) is 2.07. The van der Waals surface area contributed by atoms with Crippen molar-refractivity contribution in [3.8, 4) is 11.5 Å². The summed E-state index contributed by atoms with van der Waals surface area (Å²) in [5, 5.41) is 2.40. The van der Waals surface area contributed by atoms with Gasteiger partial charge in [0.05, 0.1) is 38.7 Å². The van der Waals surface area contributed by atoms with Crippen LogP contribution in [0.5, 0.6) is 11.5 Å². The molecule has 0 saturated carbocycles. The summed E-state index contributed by atoms with van der Waals surface area (Å²) < 4.78 is 32.0. The Labute approximate surface area is 221 Å². The molecule has 0 bridgehead atoms. The molecule has 2 aromatic carbocycles. The molecule has 0 aromatic heterocycles. The van der Waals surface area contributed by atoms with E-state index >= 15 is 0 Å². The molecule has 0 radical (unpaired) electrons. The molecule has 1 aliphatic rings. The van der Waals surface area contributed by atoms with E-state index in [9.17, 15) is 14.4 Å². The second kappa shape index (κ2) is 16.0. The number of hydrogen-bond acceptors (Lipinski definition) is 9. The predicted molar refractivity (Wildman–Crippen MR) is 136 cm³/mol. The first kappa shape index (κ1) is 28.6. The van der Waals surface area contributed by atoms with Crippen molar-refractivity contribution >= 4 is 17.5 Å². The zero-order valence-corrected chi connectivity index (χ0v) is 21.2. The number of amides is 1. The quantitative estimate of drug-likeness (QED) is 0.245. The standard InChI is InChI=1S/C28H31NO9/c1-33-11-12-34-13-14-35-15-16-36-27-18-25(30)24(17-26(27)31)29-28(32)20-38-23-9-7-22(8-10-23)37-19-21-5-3-2-4-6-21/h2-10,17-18H,11-16,19-20H2,1H3,(H,29,32). The number of hydrogen-bond donors (Lipinski definition) is 1. The lowest BCUT2D eigenvalue weighted by Crippen LogP contribution is -2.33. The summed E-state index contributed by atoms with van der Waals surface area (Å²) in [7, 11) is 1.59. The van der Waals surface area contributed by atoms with Gasteiger partial charge in [0, 0.05) is 19.3 Å². The van der Waals surface area contributed by atoms with Gasteiger partial charge in [-0.3, -0.25) is 14.4 Å². The van der Waals surface area contributed by atoms with Gasteiger partial charge in [-0.1, -0.05) is 30.3 Å². The average molecular weight is 526 g/mol. The van der Waals surface area contributed by atoms with Crippen LogP contribution in [0.25, 0.3) is 0 Å². The number of allylic oxidation sites excluding steroid dienone is 2. The number of ketones is 2. The topological polar surface area (TPSA) is 119 Å². The molecule has 0 heterocycles. The van der Waals surface area contributed by atoms with Gasteiger partial charge in [0.1, 0.15) is 24.7 Å². The van der Waals surface area contributed by atoms with Gasteiger partial charge in [0.15, 0.2) is 12.4 Å². The molecule has 0 atom stereocenters. The summed E-state index contributed by atoms with van der Waals surface area (Å²) in [5.74, 6) is -0.674. The van der Waals surface area contributed by atoms with Gasteiger partial charge >= 0.3 is 0 Å². The number of nitrogens with one attached hydrogen (secondary N) is 1. The summed E-state index contributed by atoms with van der Waals surface area (Å²) in [6, 6.07) is 16.6. The van der Waals surface area contributed by atoms with Gasteiger partial charge in [-0.2, -0.15) is 0 Å². The maximum Gasteiger partial charge on any atom is 0.262 e. The SMILES string of the molecule is COCCOCCOCCOC1=CC(=O)C(NC(=O)COc2ccc(OCc3ccccc3)cc2)=CC1=O. The first-order valence-corrected chi connectivity index (χ1v) is 12.0. The molecule has 1 N–H and O–H groups in total. The van der Waals surface area contributed by atoms with Gasteiger partial charge in [0.25, 0.3) is 5.91 Å². The highest BCUT2D eigenvalue weighted by molar-refractivity contribution is 6.19. The Morgan fingerprint density at radius 2 is 1.34 bits per heavy atom. The summed E-state index contributed by atoms with van der Waals surface area (Å²) in [6.45, 7) is 2.16. The number of carbonyl (C=O) groups excluding carboxylic acids is 3. The zero-order chi connectivity index (χ0) is 27.0. The fraction of sp³-hybridized carbons (Fsp3) is 0.321. The Morgan fingerprint density at radius 3 is 2.03 bits per heavy atom. The molecule has 10 heteroatoms. The van der Waals surface area contributed by atoms with Crippen molar-refractivity contribution < 1.29 is 42.8 Å². The highest BCUT2D eigenvalue weighted by atomic mass is 16.6. The molecule has 0 saturated heterocycles. The monoisotopic (exact) mass is 525 g/mol. The first-order chi connectivity index (χ1) is 18.5. The Balaban J connectivity index is 1.33. The van der Waals surface area contributed by atoms with E-state index in [0.717, 1.165) is 17.7 Å². The molecule has 1 amide bonds. The number of benzene rings is 2. The molecule has 0 aliphatic heterocycles. The van der Waals surface area contributed by atoms with E-state index in [4.69, 9.17) is 28.4 Å². The molecule has 3 rings (SSSR count). The van der Waals surface area contributed by atoms with Gasteiger partial charge < -0.3 is 33.7 Å². The van der Waals surface area contributed by atoms with E-state index in [1.54, 1.807) is 31.4 Å². The van der Waals surface area contributed by atoms with Crippen LogP contribution in [0.1, 0.15) is 5.56 Å². The summed E-state index contributed by atoms with van der Waals surface area (Å²) >= 11 is 0. The highest BCUT2D eigenvalue weighted by Crippen LogP contribution is 2.19. The largest absolute Gasteiger partial charge is 0.489 e. The summed E-state index contributed by atoms with van der Waals surface area (Å²) in [5.41, 5.74) is 0.901. The van der Waals surface area contributed by atoms with Crippen LogP contribution in [0.15, 0.2) is 78.2 Å². The van der Waals surface area contributed by atoms with Crippen LogP contribution in [-0.4, -0.2) is 70.8 Å². The molecule has 202 valence electrons. The van der Waals surface area contributed by atoms with Crippen LogP contribution in [0, 0.1) is 0 Å². The maximum absolute atomic E-state index is 12.3. The number of methoxy groups -OCH3 is 1. The predicted octanol–water partition coefficient (Wildman–Crippen LogP) is 2.38. The molecule has 0 unspecified atom stereocenters. The van der Waals surface area contributed by atoms with Crippen LogP contribution in [0.2, 0.25) is 0 Å². The van der Waals surface area contributed by atoms with E-state index in [2.05, 4.69) is 5.32 Å². The average Bonchev–Trinajstić information content (AvgIpc) is 2.93. The van der Waals surface area contributed by atoms with Crippen molar-refractivity contribution in [3.63, 3.8) is 0 Å².